The molecule has 0 spiro atoms. The highest BCUT2D eigenvalue weighted by Crippen LogP contribution is 2.38. The van der Waals surface area contributed by atoms with Gasteiger partial charge in [-0.2, -0.15) is 5.10 Å². The monoisotopic (exact) mass is 403 g/mol. The molecule has 7 nitrogen and oxygen atoms in total. The molecule has 3 aromatic rings. The van der Waals surface area contributed by atoms with Gasteiger partial charge in [-0.15, -0.1) is 12.4 Å². The van der Waals surface area contributed by atoms with Crippen LogP contribution in [0.5, 0.6) is 5.75 Å². The Balaban J connectivity index is 0.00000192. The fourth-order valence-electron chi connectivity index (χ4n) is 3.70. The van der Waals surface area contributed by atoms with Crippen LogP contribution in [0.4, 0.5) is 10.1 Å². The number of fused-ring (bicyclic) bond motifs is 3. The van der Waals surface area contributed by atoms with E-state index in [1.54, 1.807) is 6.07 Å². The van der Waals surface area contributed by atoms with Gasteiger partial charge in [0.1, 0.15) is 5.69 Å². The standard InChI is InChI=1S/C19H18FN5O2.ClH/c1-10-5-12(13-6-11-8-21-3-2-4-25(11)24-13)22-14-7-15-19(18(20)17(10)14)27-9-16(26)23-15;/h5-7,21H,2-4,8-9H2,1H3,(H,23,26);1H. The minimum absolute atomic E-state index is 0. The Morgan fingerprint density at radius 2 is 2.11 bits per heavy atom. The second-order valence-corrected chi connectivity index (χ2v) is 6.90. The molecule has 0 unspecified atom stereocenters. The second-order valence-electron chi connectivity index (χ2n) is 6.90. The minimum atomic E-state index is -0.496. The van der Waals surface area contributed by atoms with E-state index < -0.39 is 5.82 Å². The number of carbonyl (C=O) groups is 1. The lowest BCUT2D eigenvalue weighted by atomic mass is 10.0. The van der Waals surface area contributed by atoms with Crippen LogP contribution in [0.25, 0.3) is 22.3 Å². The van der Waals surface area contributed by atoms with Crippen LogP contribution in [0.3, 0.4) is 0 Å². The van der Waals surface area contributed by atoms with Gasteiger partial charge >= 0.3 is 0 Å². The number of rotatable bonds is 1. The van der Waals surface area contributed by atoms with Gasteiger partial charge in [-0.3, -0.25) is 9.48 Å². The molecular weight excluding hydrogens is 385 g/mol. The molecule has 0 bridgehead atoms. The van der Waals surface area contributed by atoms with Gasteiger partial charge < -0.3 is 15.4 Å². The third-order valence-electron chi connectivity index (χ3n) is 4.97. The fourth-order valence-corrected chi connectivity index (χ4v) is 3.70. The van der Waals surface area contributed by atoms with Crippen LogP contribution >= 0.6 is 12.4 Å². The van der Waals surface area contributed by atoms with Crippen molar-refractivity contribution >= 4 is 34.9 Å². The number of amides is 1. The molecule has 9 heteroatoms. The molecule has 28 heavy (non-hydrogen) atoms. The molecule has 2 N–H and O–H groups in total. The van der Waals surface area contributed by atoms with E-state index in [0.29, 0.717) is 22.3 Å². The molecule has 1 aromatic carbocycles. The summed E-state index contributed by atoms with van der Waals surface area (Å²) >= 11 is 0. The van der Waals surface area contributed by atoms with Crippen molar-refractivity contribution in [1.29, 1.82) is 0 Å². The molecule has 1 amide bonds. The van der Waals surface area contributed by atoms with Crippen LogP contribution in [0.15, 0.2) is 18.2 Å². The minimum Gasteiger partial charge on any atom is -0.478 e. The first-order chi connectivity index (χ1) is 13.1. The van der Waals surface area contributed by atoms with Gasteiger partial charge in [0, 0.05) is 18.5 Å². The molecule has 4 heterocycles. The van der Waals surface area contributed by atoms with Crippen LogP contribution in [0.1, 0.15) is 17.7 Å². The summed E-state index contributed by atoms with van der Waals surface area (Å²) in [5, 5.41) is 11.1. The average molecular weight is 404 g/mol. The number of nitrogens with one attached hydrogen (secondary N) is 2. The highest BCUT2D eigenvalue weighted by molar-refractivity contribution is 6.00. The van der Waals surface area contributed by atoms with Gasteiger partial charge in [0.05, 0.1) is 22.6 Å². The highest BCUT2D eigenvalue weighted by atomic mass is 35.5. The lowest BCUT2D eigenvalue weighted by molar-refractivity contribution is -0.118. The number of ether oxygens (including phenoxy) is 1. The van der Waals surface area contributed by atoms with Crippen molar-refractivity contribution in [1.82, 2.24) is 20.1 Å². The van der Waals surface area contributed by atoms with Crippen molar-refractivity contribution in [2.45, 2.75) is 26.4 Å². The predicted octanol–water partition coefficient (Wildman–Crippen LogP) is 2.79. The van der Waals surface area contributed by atoms with Gasteiger partial charge in [0.25, 0.3) is 5.91 Å². The maximum Gasteiger partial charge on any atom is 0.262 e. The molecule has 5 rings (SSSR count). The maximum atomic E-state index is 15.0. The molecule has 0 aliphatic carbocycles. The molecule has 146 valence electrons. The molecular formula is C19H19ClFN5O2. The average Bonchev–Trinajstić information content (AvgIpc) is 2.92. The van der Waals surface area contributed by atoms with Gasteiger partial charge in [-0.05, 0) is 43.7 Å². The van der Waals surface area contributed by atoms with Gasteiger partial charge in [-0.1, -0.05) is 0 Å². The van der Waals surface area contributed by atoms with Gasteiger partial charge in [-0.25, -0.2) is 9.37 Å². The molecule has 0 saturated heterocycles. The van der Waals surface area contributed by atoms with E-state index in [9.17, 15) is 9.18 Å². The van der Waals surface area contributed by atoms with E-state index in [2.05, 4.69) is 20.7 Å². The van der Waals surface area contributed by atoms with Crippen LogP contribution < -0.4 is 15.4 Å². The zero-order chi connectivity index (χ0) is 18.5. The first kappa shape index (κ1) is 18.6. The number of aromatic nitrogens is 3. The van der Waals surface area contributed by atoms with Crippen molar-refractivity contribution in [2.75, 3.05) is 18.5 Å². The Hall–Kier alpha value is -2.71. The molecule has 2 aromatic heterocycles. The normalized spacial score (nSPS) is 15.7. The van der Waals surface area contributed by atoms with E-state index in [0.717, 1.165) is 43.0 Å². The van der Waals surface area contributed by atoms with Crippen molar-refractivity contribution in [3.63, 3.8) is 0 Å². The number of hydrogen-bond donors (Lipinski definition) is 2. The molecule has 0 fully saturated rings. The smallest absolute Gasteiger partial charge is 0.262 e. The largest absolute Gasteiger partial charge is 0.478 e. The predicted molar refractivity (Wildman–Crippen MR) is 105 cm³/mol. The van der Waals surface area contributed by atoms with E-state index in [1.807, 2.05) is 23.7 Å². The van der Waals surface area contributed by atoms with Crippen LogP contribution in [0.2, 0.25) is 0 Å². The quantitative estimate of drug-likeness (QED) is 0.653. The van der Waals surface area contributed by atoms with E-state index in [4.69, 9.17) is 4.74 Å². The molecule has 0 radical (unpaired) electrons. The Bertz CT molecular complexity index is 1070. The second kappa shape index (κ2) is 7.03. The van der Waals surface area contributed by atoms with Crippen LogP contribution in [-0.4, -0.2) is 33.8 Å². The number of carbonyl (C=O) groups excluding carboxylic acids is 1. The van der Waals surface area contributed by atoms with Gasteiger partial charge in [0.15, 0.2) is 18.2 Å². The zero-order valence-electron chi connectivity index (χ0n) is 15.2. The number of anilines is 1. The van der Waals surface area contributed by atoms with Crippen LogP contribution in [-0.2, 0) is 17.9 Å². The summed E-state index contributed by atoms with van der Waals surface area (Å²) in [6.07, 6.45) is 1.02. The molecule has 0 atom stereocenters. The number of aryl methyl sites for hydroxylation is 2. The highest BCUT2D eigenvalue weighted by Gasteiger charge is 2.24. The number of pyridine rings is 1. The summed E-state index contributed by atoms with van der Waals surface area (Å²) < 4.78 is 22.2. The van der Waals surface area contributed by atoms with E-state index in [1.165, 1.54) is 0 Å². The zero-order valence-corrected chi connectivity index (χ0v) is 16.0. The fraction of sp³-hybridized carbons (Fsp3) is 0.316. The molecule has 0 saturated carbocycles. The van der Waals surface area contributed by atoms with E-state index in [-0.39, 0.29) is 30.7 Å². The van der Waals surface area contributed by atoms with Crippen molar-refractivity contribution in [2.24, 2.45) is 0 Å². The summed E-state index contributed by atoms with van der Waals surface area (Å²) in [5.74, 6) is -0.733. The SMILES string of the molecule is Cc1cc(-c2cc3n(n2)CCCNC3)nc2cc3c(c(F)c12)OCC(=O)N3.Cl. The maximum absolute atomic E-state index is 15.0. The summed E-state index contributed by atoms with van der Waals surface area (Å²) in [6, 6.07) is 5.52. The van der Waals surface area contributed by atoms with Crippen molar-refractivity contribution < 1.29 is 13.9 Å². The summed E-state index contributed by atoms with van der Waals surface area (Å²) in [7, 11) is 0. The van der Waals surface area contributed by atoms with Gasteiger partial charge in [0.2, 0.25) is 0 Å². The van der Waals surface area contributed by atoms with Crippen molar-refractivity contribution in [3.05, 3.63) is 35.3 Å². The number of halogens is 2. The Kier molecular flexibility index (Phi) is 4.68. The summed E-state index contributed by atoms with van der Waals surface area (Å²) in [6.45, 7) is 4.26. The lowest BCUT2D eigenvalue weighted by Crippen LogP contribution is -2.26. The molecule has 2 aliphatic heterocycles. The third kappa shape index (κ3) is 2.98. The number of benzene rings is 1. The lowest BCUT2D eigenvalue weighted by Gasteiger charge is -2.20. The Morgan fingerprint density at radius 1 is 1.25 bits per heavy atom. The topological polar surface area (TPSA) is 81.1 Å². The first-order valence-electron chi connectivity index (χ1n) is 8.94. The van der Waals surface area contributed by atoms with E-state index >= 15 is 0 Å². The Morgan fingerprint density at radius 3 is 2.96 bits per heavy atom. The first-order valence-corrected chi connectivity index (χ1v) is 8.94. The number of hydrogen-bond acceptors (Lipinski definition) is 5. The Labute approximate surface area is 166 Å². The molecule has 2 aliphatic rings. The summed E-state index contributed by atoms with van der Waals surface area (Å²) in [4.78, 5) is 16.2. The summed E-state index contributed by atoms with van der Waals surface area (Å²) in [5.41, 5.74) is 4.08. The van der Waals surface area contributed by atoms with Crippen LogP contribution in [0, 0.1) is 12.7 Å². The van der Waals surface area contributed by atoms with Crippen molar-refractivity contribution in [3.8, 4) is 17.1 Å². The number of nitrogens with zero attached hydrogens (tertiary/aromatic N) is 3. The third-order valence-corrected chi connectivity index (χ3v) is 4.97.